The van der Waals surface area contributed by atoms with E-state index in [1.165, 1.54) is 26.2 Å². The predicted octanol–water partition coefficient (Wildman–Crippen LogP) is 3.50. The Kier molecular flexibility index (Phi) is 5.11. The fourth-order valence-electron chi connectivity index (χ4n) is 3.10. The van der Waals surface area contributed by atoms with Gasteiger partial charge in [-0.25, -0.2) is 17.7 Å². The number of carbonyl (C=O) groups is 1. The molecule has 0 fully saturated rings. The quantitative estimate of drug-likeness (QED) is 0.536. The summed E-state index contributed by atoms with van der Waals surface area (Å²) >= 11 is 0. The van der Waals surface area contributed by atoms with Crippen molar-refractivity contribution in [3.8, 4) is 11.3 Å². The highest BCUT2D eigenvalue weighted by Crippen LogP contribution is 2.29. The average molecular weight is 420 g/mol. The molecule has 4 rings (SSSR count). The van der Waals surface area contributed by atoms with Gasteiger partial charge in [0.25, 0.3) is 5.91 Å². The molecule has 152 valence electrons. The van der Waals surface area contributed by atoms with Gasteiger partial charge >= 0.3 is 0 Å². The zero-order chi connectivity index (χ0) is 21.3. The van der Waals surface area contributed by atoms with Gasteiger partial charge in [-0.2, -0.15) is 0 Å². The number of fused-ring (bicyclic) bond motifs is 1. The van der Waals surface area contributed by atoms with Crippen molar-refractivity contribution in [1.82, 2.24) is 13.7 Å². The summed E-state index contributed by atoms with van der Waals surface area (Å²) in [6.45, 7) is 0. The van der Waals surface area contributed by atoms with Crippen molar-refractivity contribution in [3.63, 3.8) is 0 Å². The van der Waals surface area contributed by atoms with Crippen molar-refractivity contribution in [3.05, 3.63) is 84.6 Å². The monoisotopic (exact) mass is 420 g/mol. The highest BCUT2D eigenvalue weighted by Gasteiger charge is 2.21. The van der Waals surface area contributed by atoms with Crippen LogP contribution in [0.2, 0.25) is 0 Å². The Bertz CT molecular complexity index is 1330. The lowest BCUT2D eigenvalue weighted by molar-refractivity contribution is 0.102. The number of benzene rings is 2. The summed E-state index contributed by atoms with van der Waals surface area (Å²) in [7, 11) is -0.743. The molecule has 0 radical (unpaired) electrons. The van der Waals surface area contributed by atoms with Gasteiger partial charge in [0.2, 0.25) is 10.0 Å². The van der Waals surface area contributed by atoms with Crippen LogP contribution in [0.4, 0.5) is 5.82 Å². The lowest BCUT2D eigenvalue weighted by Crippen LogP contribution is -2.23. The van der Waals surface area contributed by atoms with Gasteiger partial charge in [-0.05, 0) is 30.3 Å². The zero-order valence-electron chi connectivity index (χ0n) is 16.5. The Morgan fingerprint density at radius 2 is 1.70 bits per heavy atom. The fourth-order valence-corrected chi connectivity index (χ4v) is 4.05. The van der Waals surface area contributed by atoms with Gasteiger partial charge in [0.15, 0.2) is 0 Å². The summed E-state index contributed by atoms with van der Waals surface area (Å²) in [4.78, 5) is 17.7. The minimum atomic E-state index is -3.64. The van der Waals surface area contributed by atoms with Crippen molar-refractivity contribution in [2.24, 2.45) is 0 Å². The molecule has 2 heterocycles. The maximum Gasteiger partial charge on any atom is 0.256 e. The van der Waals surface area contributed by atoms with Gasteiger partial charge < -0.3 is 5.32 Å². The van der Waals surface area contributed by atoms with E-state index in [2.05, 4.69) is 10.3 Å². The standard InChI is InChI=1S/C22H20N4O3S/c1-25(2)30(28,29)18-12-8-11-17(15-18)22(27)24-21-20(16-9-4-3-5-10-16)23-19-13-6-7-14-26(19)21/h3-15H,1-2H3,(H,24,27). The average Bonchev–Trinajstić information content (AvgIpc) is 3.13. The number of pyridine rings is 1. The maximum absolute atomic E-state index is 13.0. The van der Waals surface area contributed by atoms with Gasteiger partial charge in [-0.15, -0.1) is 0 Å². The molecule has 0 unspecified atom stereocenters. The van der Waals surface area contributed by atoms with Crippen LogP contribution in [0.25, 0.3) is 16.9 Å². The van der Waals surface area contributed by atoms with E-state index >= 15 is 0 Å². The third kappa shape index (κ3) is 3.58. The number of sulfonamides is 1. The number of amides is 1. The second kappa shape index (κ2) is 7.74. The number of aromatic nitrogens is 2. The van der Waals surface area contributed by atoms with Crippen LogP contribution >= 0.6 is 0 Å². The molecule has 2 aromatic heterocycles. The van der Waals surface area contributed by atoms with Crippen LogP contribution in [0.3, 0.4) is 0 Å². The maximum atomic E-state index is 13.0. The van der Waals surface area contributed by atoms with Gasteiger partial charge in [0.1, 0.15) is 17.2 Å². The SMILES string of the molecule is CN(C)S(=O)(=O)c1cccc(C(=O)Nc2c(-c3ccccc3)nc3ccccn23)c1. The number of rotatable bonds is 5. The zero-order valence-corrected chi connectivity index (χ0v) is 17.3. The number of carbonyl (C=O) groups excluding carboxylic acids is 1. The van der Waals surface area contributed by atoms with Crippen molar-refractivity contribution < 1.29 is 13.2 Å². The Labute approximate surface area is 174 Å². The predicted molar refractivity (Wildman–Crippen MR) is 116 cm³/mol. The van der Waals surface area contributed by atoms with Crippen molar-refractivity contribution in [1.29, 1.82) is 0 Å². The molecule has 4 aromatic rings. The van der Waals surface area contributed by atoms with Crippen LogP contribution in [-0.2, 0) is 10.0 Å². The molecule has 0 aliphatic rings. The molecule has 0 bridgehead atoms. The van der Waals surface area contributed by atoms with E-state index in [0.717, 1.165) is 9.87 Å². The highest BCUT2D eigenvalue weighted by atomic mass is 32.2. The summed E-state index contributed by atoms with van der Waals surface area (Å²) in [5.74, 6) is 0.0938. The van der Waals surface area contributed by atoms with Crippen LogP contribution in [0, 0.1) is 0 Å². The Hall–Kier alpha value is -3.49. The topological polar surface area (TPSA) is 83.8 Å². The lowest BCUT2D eigenvalue weighted by atomic mass is 10.1. The molecule has 0 aliphatic carbocycles. The number of nitrogens with zero attached hydrogens (tertiary/aromatic N) is 3. The summed E-state index contributed by atoms with van der Waals surface area (Å²) in [5.41, 5.74) is 2.42. The van der Waals surface area contributed by atoms with E-state index in [4.69, 9.17) is 0 Å². The number of nitrogens with one attached hydrogen (secondary N) is 1. The first-order valence-electron chi connectivity index (χ1n) is 9.24. The van der Waals surface area contributed by atoms with Crippen LogP contribution in [0.15, 0.2) is 83.9 Å². The van der Waals surface area contributed by atoms with Gasteiger partial charge in [0.05, 0.1) is 4.90 Å². The van der Waals surface area contributed by atoms with Crippen molar-refractivity contribution >= 4 is 27.4 Å². The number of hydrogen-bond acceptors (Lipinski definition) is 4. The molecule has 0 aliphatic heterocycles. The molecule has 0 saturated heterocycles. The second-order valence-corrected chi connectivity index (χ2v) is 9.03. The number of imidazole rings is 1. The first kappa shape index (κ1) is 19.8. The van der Waals surface area contributed by atoms with Crippen LogP contribution in [-0.4, -0.2) is 42.1 Å². The number of hydrogen-bond donors (Lipinski definition) is 1. The van der Waals surface area contributed by atoms with E-state index in [0.29, 0.717) is 17.2 Å². The van der Waals surface area contributed by atoms with Crippen LogP contribution in [0.1, 0.15) is 10.4 Å². The normalized spacial score (nSPS) is 11.7. The smallest absolute Gasteiger partial charge is 0.256 e. The summed E-state index contributed by atoms with van der Waals surface area (Å²) in [6, 6.07) is 21.1. The minimum Gasteiger partial charge on any atom is -0.306 e. The molecule has 1 amide bonds. The summed E-state index contributed by atoms with van der Waals surface area (Å²) in [5, 5.41) is 2.91. The molecule has 8 heteroatoms. The molecule has 0 atom stereocenters. The van der Waals surface area contributed by atoms with E-state index in [1.54, 1.807) is 16.5 Å². The Morgan fingerprint density at radius 1 is 0.967 bits per heavy atom. The molecule has 2 aromatic carbocycles. The largest absolute Gasteiger partial charge is 0.306 e. The molecular weight excluding hydrogens is 400 g/mol. The minimum absolute atomic E-state index is 0.0570. The van der Waals surface area contributed by atoms with Crippen LogP contribution in [0.5, 0.6) is 0 Å². The highest BCUT2D eigenvalue weighted by molar-refractivity contribution is 7.89. The van der Waals surface area contributed by atoms with E-state index in [9.17, 15) is 13.2 Å². The number of anilines is 1. The molecule has 0 saturated carbocycles. The molecule has 0 spiro atoms. The first-order chi connectivity index (χ1) is 14.4. The van der Waals surface area contributed by atoms with E-state index in [-0.39, 0.29) is 10.5 Å². The lowest BCUT2D eigenvalue weighted by Gasteiger charge is -2.12. The molecule has 7 nitrogen and oxygen atoms in total. The second-order valence-electron chi connectivity index (χ2n) is 6.87. The molecular formula is C22H20N4O3S. The Morgan fingerprint density at radius 3 is 2.43 bits per heavy atom. The first-order valence-corrected chi connectivity index (χ1v) is 10.7. The summed E-state index contributed by atoms with van der Waals surface area (Å²) < 4.78 is 27.7. The molecule has 30 heavy (non-hydrogen) atoms. The van der Waals surface area contributed by atoms with Crippen molar-refractivity contribution in [2.75, 3.05) is 19.4 Å². The van der Waals surface area contributed by atoms with Gasteiger partial charge in [0, 0.05) is 31.4 Å². The van der Waals surface area contributed by atoms with E-state index < -0.39 is 15.9 Å². The fraction of sp³-hybridized carbons (Fsp3) is 0.0909. The van der Waals surface area contributed by atoms with Crippen molar-refractivity contribution in [2.45, 2.75) is 4.90 Å². The Balaban J connectivity index is 1.76. The van der Waals surface area contributed by atoms with Gasteiger partial charge in [-0.1, -0.05) is 42.5 Å². The third-order valence-electron chi connectivity index (χ3n) is 4.68. The molecule has 1 N–H and O–H groups in total. The van der Waals surface area contributed by atoms with Crippen LogP contribution < -0.4 is 5.32 Å². The van der Waals surface area contributed by atoms with Gasteiger partial charge in [-0.3, -0.25) is 9.20 Å². The summed E-state index contributed by atoms with van der Waals surface area (Å²) in [6.07, 6.45) is 1.82. The van der Waals surface area contributed by atoms with E-state index in [1.807, 2.05) is 54.7 Å². The third-order valence-corrected chi connectivity index (χ3v) is 6.49.